The summed E-state index contributed by atoms with van der Waals surface area (Å²) in [6.45, 7) is 2.01. The topological polar surface area (TPSA) is 74.4 Å². The van der Waals surface area contributed by atoms with Gasteiger partial charge < -0.3 is 4.84 Å². The summed E-state index contributed by atoms with van der Waals surface area (Å²) in [5.74, 6) is -0.324. The zero-order chi connectivity index (χ0) is 17.8. The number of fused-ring (bicyclic) bond motifs is 1. The molecule has 0 amide bonds. The number of benzene rings is 2. The molecule has 0 bridgehead atoms. The van der Waals surface area contributed by atoms with Gasteiger partial charge in [-0.3, -0.25) is 10.1 Å². The number of nitro benzene ring substituents is 1. The van der Waals surface area contributed by atoms with E-state index in [9.17, 15) is 14.9 Å². The Kier molecular flexibility index (Phi) is 4.79. The van der Waals surface area contributed by atoms with Crippen LogP contribution in [0.3, 0.4) is 0 Å². The average Bonchev–Trinajstić information content (AvgIpc) is 2.98. The van der Waals surface area contributed by atoms with E-state index < -0.39 is 4.92 Å². The second kappa shape index (κ2) is 7.17. The van der Waals surface area contributed by atoms with Crippen LogP contribution in [-0.2, 0) is 4.79 Å². The van der Waals surface area contributed by atoms with E-state index in [-0.39, 0.29) is 11.7 Å². The Hall–Kier alpha value is -3.15. The lowest BCUT2D eigenvalue weighted by molar-refractivity contribution is -0.384. The predicted molar refractivity (Wildman–Crippen MR) is 95.1 cm³/mol. The molecule has 0 aliphatic heterocycles. The van der Waals surface area contributed by atoms with Gasteiger partial charge in [-0.1, -0.05) is 43.7 Å². The summed E-state index contributed by atoms with van der Waals surface area (Å²) < 4.78 is 1.46. The molecule has 6 nitrogen and oxygen atoms in total. The molecular formula is C19H18N2O4. The molecule has 0 saturated carbocycles. The lowest BCUT2D eigenvalue weighted by Gasteiger charge is -2.10. The Morgan fingerprint density at radius 2 is 1.92 bits per heavy atom. The fraction of sp³-hybridized carbons (Fsp3) is 0.211. The van der Waals surface area contributed by atoms with Crippen molar-refractivity contribution in [1.82, 2.24) is 4.73 Å². The molecule has 3 aromatic rings. The van der Waals surface area contributed by atoms with Crippen LogP contribution in [0.4, 0.5) is 5.69 Å². The third-order valence-electron chi connectivity index (χ3n) is 3.95. The van der Waals surface area contributed by atoms with Crippen molar-refractivity contribution in [3.63, 3.8) is 0 Å². The Morgan fingerprint density at radius 3 is 2.60 bits per heavy atom. The second-order valence-electron chi connectivity index (χ2n) is 5.76. The van der Waals surface area contributed by atoms with Crippen LogP contribution in [0.15, 0.2) is 54.6 Å². The van der Waals surface area contributed by atoms with Crippen molar-refractivity contribution in [1.29, 1.82) is 0 Å². The summed E-state index contributed by atoms with van der Waals surface area (Å²) >= 11 is 0. The molecule has 0 aliphatic carbocycles. The van der Waals surface area contributed by atoms with Crippen molar-refractivity contribution >= 4 is 22.6 Å². The van der Waals surface area contributed by atoms with Crippen LogP contribution in [0.1, 0.15) is 26.2 Å². The van der Waals surface area contributed by atoms with Gasteiger partial charge in [0.15, 0.2) is 0 Å². The number of nitrogens with zero attached hydrogens (tertiary/aromatic N) is 2. The van der Waals surface area contributed by atoms with Gasteiger partial charge in [0.1, 0.15) is 0 Å². The number of hydrogen-bond acceptors (Lipinski definition) is 4. The molecule has 0 unspecified atom stereocenters. The molecule has 25 heavy (non-hydrogen) atoms. The number of nitro groups is 1. The molecule has 0 aliphatic rings. The van der Waals surface area contributed by atoms with Gasteiger partial charge in [-0.15, -0.1) is 0 Å². The fourth-order valence-corrected chi connectivity index (χ4v) is 2.67. The van der Waals surface area contributed by atoms with Gasteiger partial charge >= 0.3 is 5.97 Å². The van der Waals surface area contributed by atoms with Crippen molar-refractivity contribution in [3.05, 3.63) is 64.7 Å². The van der Waals surface area contributed by atoms with Crippen molar-refractivity contribution in [2.75, 3.05) is 0 Å². The molecule has 128 valence electrons. The Morgan fingerprint density at radius 1 is 1.16 bits per heavy atom. The maximum Gasteiger partial charge on any atom is 0.332 e. The maximum atomic E-state index is 12.1. The highest BCUT2D eigenvalue weighted by Gasteiger charge is 2.17. The van der Waals surface area contributed by atoms with Gasteiger partial charge in [-0.25, -0.2) is 4.79 Å². The highest BCUT2D eigenvalue weighted by molar-refractivity contribution is 5.89. The highest BCUT2D eigenvalue weighted by Crippen LogP contribution is 2.30. The minimum absolute atomic E-state index is 0.00145. The molecule has 0 N–H and O–H groups in total. The SMILES string of the molecule is CCCCC(=O)On1c(-c2ccccc2)cc2cc([N+](=O)[O-])ccc21. The summed E-state index contributed by atoms with van der Waals surface area (Å²) in [5, 5.41) is 11.7. The van der Waals surface area contributed by atoms with E-state index in [4.69, 9.17) is 4.84 Å². The van der Waals surface area contributed by atoms with Crippen LogP contribution in [-0.4, -0.2) is 15.6 Å². The van der Waals surface area contributed by atoms with Gasteiger partial charge in [0, 0.05) is 29.5 Å². The van der Waals surface area contributed by atoms with E-state index in [1.807, 2.05) is 37.3 Å². The smallest absolute Gasteiger partial charge is 0.332 e. The summed E-state index contributed by atoms with van der Waals surface area (Å²) in [4.78, 5) is 28.3. The molecule has 3 rings (SSSR count). The van der Waals surface area contributed by atoms with Crippen LogP contribution >= 0.6 is 0 Å². The molecule has 2 aromatic carbocycles. The van der Waals surface area contributed by atoms with Crippen LogP contribution in [0.5, 0.6) is 0 Å². The largest absolute Gasteiger partial charge is 0.336 e. The standard InChI is InChI=1S/C19H18N2O4/c1-2-3-9-19(22)25-20-17-11-10-16(21(23)24)12-15(17)13-18(20)14-7-5-4-6-8-14/h4-8,10-13H,2-3,9H2,1H3. The molecule has 0 radical (unpaired) electrons. The minimum Gasteiger partial charge on any atom is -0.336 e. The molecular weight excluding hydrogens is 320 g/mol. The fourth-order valence-electron chi connectivity index (χ4n) is 2.67. The summed E-state index contributed by atoms with van der Waals surface area (Å²) in [6.07, 6.45) is 1.99. The first-order chi connectivity index (χ1) is 12.1. The van der Waals surface area contributed by atoms with E-state index in [1.165, 1.54) is 16.9 Å². The molecule has 0 fully saturated rings. The van der Waals surface area contributed by atoms with E-state index in [1.54, 1.807) is 12.1 Å². The van der Waals surface area contributed by atoms with E-state index in [2.05, 4.69) is 0 Å². The lowest BCUT2D eigenvalue weighted by atomic mass is 10.1. The van der Waals surface area contributed by atoms with E-state index >= 15 is 0 Å². The quantitative estimate of drug-likeness (QED) is 0.494. The van der Waals surface area contributed by atoms with Gasteiger partial charge in [0.05, 0.1) is 16.1 Å². The zero-order valence-electron chi connectivity index (χ0n) is 13.8. The van der Waals surface area contributed by atoms with E-state index in [0.717, 1.165) is 18.4 Å². The summed E-state index contributed by atoms with van der Waals surface area (Å²) in [6, 6.07) is 15.8. The van der Waals surface area contributed by atoms with Gasteiger partial charge in [-0.05, 0) is 18.6 Å². The average molecular weight is 338 g/mol. The Labute approximate surface area is 144 Å². The van der Waals surface area contributed by atoms with Crippen LogP contribution in [0, 0.1) is 10.1 Å². The maximum absolute atomic E-state index is 12.1. The molecule has 0 saturated heterocycles. The van der Waals surface area contributed by atoms with Crippen molar-refractivity contribution in [3.8, 4) is 11.3 Å². The highest BCUT2D eigenvalue weighted by atomic mass is 16.7. The minimum atomic E-state index is -0.438. The van der Waals surface area contributed by atoms with Crippen LogP contribution < -0.4 is 4.84 Å². The van der Waals surface area contributed by atoms with Crippen molar-refractivity contribution < 1.29 is 14.6 Å². The molecule has 6 heteroatoms. The Balaban J connectivity index is 2.10. The zero-order valence-corrected chi connectivity index (χ0v) is 13.8. The van der Waals surface area contributed by atoms with Crippen molar-refractivity contribution in [2.24, 2.45) is 0 Å². The summed E-state index contributed by atoms with van der Waals surface area (Å²) in [7, 11) is 0. The first-order valence-electron chi connectivity index (χ1n) is 8.16. The normalized spacial score (nSPS) is 10.8. The molecule has 1 heterocycles. The number of carbonyl (C=O) groups is 1. The summed E-state index contributed by atoms with van der Waals surface area (Å²) in [5.41, 5.74) is 2.17. The van der Waals surface area contributed by atoms with Gasteiger partial charge in [0.25, 0.3) is 5.69 Å². The lowest BCUT2D eigenvalue weighted by Crippen LogP contribution is -2.20. The first kappa shape index (κ1) is 16.7. The third kappa shape index (κ3) is 3.52. The number of unbranched alkanes of at least 4 members (excludes halogenated alkanes) is 1. The van der Waals surface area contributed by atoms with E-state index in [0.29, 0.717) is 23.0 Å². The second-order valence-corrected chi connectivity index (χ2v) is 5.76. The van der Waals surface area contributed by atoms with Gasteiger partial charge in [-0.2, -0.15) is 4.73 Å². The number of non-ortho nitro benzene ring substituents is 1. The van der Waals surface area contributed by atoms with Crippen LogP contribution in [0.25, 0.3) is 22.2 Å². The third-order valence-corrected chi connectivity index (χ3v) is 3.95. The molecule has 0 atom stereocenters. The number of hydrogen-bond donors (Lipinski definition) is 0. The van der Waals surface area contributed by atoms with Crippen LogP contribution in [0.2, 0.25) is 0 Å². The monoisotopic (exact) mass is 338 g/mol. The first-order valence-corrected chi connectivity index (χ1v) is 8.16. The number of aromatic nitrogens is 1. The van der Waals surface area contributed by atoms with Crippen molar-refractivity contribution in [2.45, 2.75) is 26.2 Å². The molecule has 0 spiro atoms. The number of rotatable bonds is 6. The molecule has 1 aromatic heterocycles. The Bertz CT molecular complexity index is 916. The number of carbonyl (C=O) groups excluding carboxylic acids is 1. The predicted octanol–water partition coefficient (Wildman–Crippen LogP) is 4.36. The van der Waals surface area contributed by atoms with Gasteiger partial charge in [0.2, 0.25) is 0 Å².